The molecule has 0 saturated carbocycles. The average Bonchev–Trinajstić information content (AvgIpc) is 3.36. The number of aromatic nitrogens is 2. The van der Waals surface area contributed by atoms with Crippen LogP contribution in [0.4, 0.5) is 0 Å². The molecule has 7 aromatic rings. The highest BCUT2D eigenvalue weighted by Crippen LogP contribution is 2.38. The van der Waals surface area contributed by atoms with Crippen molar-refractivity contribution in [2.24, 2.45) is 0 Å². The van der Waals surface area contributed by atoms with Crippen molar-refractivity contribution in [2.45, 2.75) is 0 Å². The smallest absolute Gasteiger partial charge is 0.0561 e. The zero-order valence-electron chi connectivity index (χ0n) is 18.0. The second kappa shape index (κ2) is 7.59. The number of benzene rings is 5. The van der Waals surface area contributed by atoms with E-state index in [0.29, 0.717) is 0 Å². The summed E-state index contributed by atoms with van der Waals surface area (Å²) < 4.78 is 6.91. The Hall–Kier alpha value is -3.34. The van der Waals surface area contributed by atoms with E-state index in [2.05, 4.69) is 150 Å². The Kier molecular flexibility index (Phi) is 4.48. The van der Waals surface area contributed by atoms with Crippen molar-refractivity contribution in [3.8, 4) is 11.4 Å². The third-order valence-electron chi connectivity index (χ3n) is 6.62. The molecule has 0 aliphatic carbocycles. The lowest BCUT2D eigenvalue weighted by atomic mass is 10.1. The normalized spacial score (nSPS) is 11.8. The maximum absolute atomic E-state index is 3.67. The number of nitrogens with zero attached hydrogens (tertiary/aromatic N) is 2. The highest BCUT2D eigenvalue weighted by atomic mass is 79.9. The summed E-state index contributed by atoms with van der Waals surface area (Å²) in [6.45, 7) is 0. The molecule has 0 amide bonds. The van der Waals surface area contributed by atoms with Crippen molar-refractivity contribution in [2.75, 3.05) is 0 Å². The third kappa shape index (κ3) is 2.92. The van der Waals surface area contributed by atoms with Gasteiger partial charge in [0, 0.05) is 41.9 Å². The van der Waals surface area contributed by atoms with Crippen molar-refractivity contribution in [3.05, 3.63) is 118 Å². The van der Waals surface area contributed by atoms with Gasteiger partial charge < -0.3 is 9.13 Å². The Bertz CT molecular complexity index is 1820. The van der Waals surface area contributed by atoms with Crippen LogP contribution < -0.4 is 0 Å². The molecule has 0 unspecified atom stereocenters. The van der Waals surface area contributed by atoms with Gasteiger partial charge in [-0.05, 0) is 66.7 Å². The summed E-state index contributed by atoms with van der Waals surface area (Å²) in [5.74, 6) is 0. The highest BCUT2D eigenvalue weighted by Gasteiger charge is 2.16. The summed E-state index contributed by atoms with van der Waals surface area (Å²) in [5.41, 5.74) is 7.12. The molecule has 2 heterocycles. The van der Waals surface area contributed by atoms with Crippen LogP contribution in [0.15, 0.2) is 118 Å². The monoisotopic (exact) mass is 564 g/mol. The van der Waals surface area contributed by atoms with E-state index in [0.717, 1.165) is 14.6 Å². The van der Waals surface area contributed by atoms with Gasteiger partial charge in [0.2, 0.25) is 0 Å². The van der Waals surface area contributed by atoms with Gasteiger partial charge in [-0.15, -0.1) is 0 Å². The number of hydrogen-bond acceptors (Lipinski definition) is 0. The third-order valence-corrected chi connectivity index (χ3v) is 7.61. The molecule has 0 N–H and O–H groups in total. The first-order valence-corrected chi connectivity index (χ1v) is 12.8. The van der Waals surface area contributed by atoms with Gasteiger partial charge in [-0.3, -0.25) is 0 Å². The van der Waals surface area contributed by atoms with E-state index >= 15 is 0 Å². The molecule has 0 saturated heterocycles. The molecule has 7 rings (SSSR count). The summed E-state index contributed by atoms with van der Waals surface area (Å²) in [7, 11) is 0. The first-order valence-electron chi connectivity index (χ1n) is 11.2. The lowest BCUT2D eigenvalue weighted by Crippen LogP contribution is -1.96. The summed E-state index contributed by atoms with van der Waals surface area (Å²) in [6, 6.07) is 39.2. The second-order valence-electron chi connectivity index (χ2n) is 8.55. The van der Waals surface area contributed by atoms with Crippen molar-refractivity contribution < 1.29 is 0 Å². The van der Waals surface area contributed by atoms with Crippen LogP contribution in [-0.4, -0.2) is 9.13 Å². The van der Waals surface area contributed by atoms with Crippen LogP contribution in [-0.2, 0) is 0 Å². The highest BCUT2D eigenvalue weighted by molar-refractivity contribution is 9.10. The molecule has 2 aromatic heterocycles. The van der Waals surface area contributed by atoms with E-state index in [1.807, 2.05) is 0 Å². The lowest BCUT2D eigenvalue weighted by Gasteiger charge is -2.11. The fourth-order valence-electron chi connectivity index (χ4n) is 5.20. The van der Waals surface area contributed by atoms with E-state index in [1.54, 1.807) is 0 Å². The molecule has 0 fully saturated rings. The van der Waals surface area contributed by atoms with Crippen LogP contribution in [0, 0.1) is 0 Å². The number of halogens is 2. The van der Waals surface area contributed by atoms with Crippen molar-refractivity contribution in [1.29, 1.82) is 0 Å². The van der Waals surface area contributed by atoms with Crippen LogP contribution in [0.5, 0.6) is 0 Å². The van der Waals surface area contributed by atoms with E-state index in [1.165, 1.54) is 49.3 Å². The van der Waals surface area contributed by atoms with Crippen LogP contribution in [0.25, 0.3) is 55.0 Å². The minimum Gasteiger partial charge on any atom is -0.309 e. The van der Waals surface area contributed by atoms with Crippen LogP contribution in [0.2, 0.25) is 0 Å². The predicted octanol–water partition coefficient (Wildman–Crippen LogP) is 9.41. The van der Waals surface area contributed by atoms with Crippen molar-refractivity contribution >= 4 is 75.5 Å². The zero-order chi connectivity index (χ0) is 22.8. The molecule has 0 bridgehead atoms. The predicted molar refractivity (Wildman–Crippen MR) is 151 cm³/mol. The summed E-state index contributed by atoms with van der Waals surface area (Å²) in [6.07, 6.45) is 0. The SMILES string of the molecule is Brc1ccc2c(c1)c1cc(Br)ccc1n2-c1ccc2c3ccccc3n(-c3ccccc3)c2c1. The molecule has 162 valence electrons. The average molecular weight is 566 g/mol. The van der Waals surface area contributed by atoms with Gasteiger partial charge in [-0.1, -0.05) is 74.3 Å². The molecule has 0 atom stereocenters. The zero-order valence-corrected chi connectivity index (χ0v) is 21.2. The second-order valence-corrected chi connectivity index (χ2v) is 10.4. The Morgan fingerprint density at radius 1 is 0.382 bits per heavy atom. The minimum absolute atomic E-state index is 1.08. The number of rotatable bonds is 2. The summed E-state index contributed by atoms with van der Waals surface area (Å²) in [5, 5.41) is 4.99. The van der Waals surface area contributed by atoms with Crippen molar-refractivity contribution in [1.82, 2.24) is 9.13 Å². The quantitative estimate of drug-likeness (QED) is 0.197. The molecular weight excluding hydrogens is 548 g/mol. The number of fused-ring (bicyclic) bond motifs is 6. The van der Waals surface area contributed by atoms with Gasteiger partial charge in [0.15, 0.2) is 0 Å². The summed E-state index contributed by atoms with van der Waals surface area (Å²) >= 11 is 7.33. The Morgan fingerprint density at radius 3 is 1.65 bits per heavy atom. The first kappa shape index (κ1) is 20.1. The Morgan fingerprint density at radius 2 is 0.941 bits per heavy atom. The van der Waals surface area contributed by atoms with Gasteiger partial charge in [0.1, 0.15) is 0 Å². The minimum atomic E-state index is 1.08. The lowest BCUT2D eigenvalue weighted by molar-refractivity contribution is 1.15. The molecule has 4 heteroatoms. The fourth-order valence-corrected chi connectivity index (χ4v) is 5.92. The van der Waals surface area contributed by atoms with Gasteiger partial charge in [0.05, 0.1) is 22.1 Å². The molecule has 0 radical (unpaired) electrons. The molecule has 2 nitrogen and oxygen atoms in total. The van der Waals surface area contributed by atoms with E-state index in [4.69, 9.17) is 0 Å². The summed E-state index contributed by atoms with van der Waals surface area (Å²) in [4.78, 5) is 0. The molecule has 0 aliphatic heterocycles. The van der Waals surface area contributed by atoms with Gasteiger partial charge in [-0.25, -0.2) is 0 Å². The van der Waals surface area contributed by atoms with Gasteiger partial charge in [-0.2, -0.15) is 0 Å². The molecular formula is C30H18Br2N2. The largest absolute Gasteiger partial charge is 0.309 e. The molecule has 34 heavy (non-hydrogen) atoms. The molecule has 5 aromatic carbocycles. The topological polar surface area (TPSA) is 9.86 Å². The maximum atomic E-state index is 3.67. The van der Waals surface area contributed by atoms with Crippen LogP contribution in [0.1, 0.15) is 0 Å². The number of hydrogen-bond donors (Lipinski definition) is 0. The Labute approximate surface area is 213 Å². The van der Waals surface area contributed by atoms with E-state index in [9.17, 15) is 0 Å². The van der Waals surface area contributed by atoms with Gasteiger partial charge >= 0.3 is 0 Å². The Balaban J connectivity index is 1.61. The van der Waals surface area contributed by atoms with Crippen molar-refractivity contribution in [3.63, 3.8) is 0 Å². The van der Waals surface area contributed by atoms with E-state index < -0.39 is 0 Å². The number of para-hydroxylation sites is 2. The molecule has 0 spiro atoms. The van der Waals surface area contributed by atoms with Crippen LogP contribution in [0.3, 0.4) is 0 Å². The standard InChI is InChI=1S/C30H18Br2N2/c31-19-10-14-28-25(16-19)26-17-20(32)11-15-29(26)34(28)22-12-13-24-23-8-4-5-9-27(23)33(30(24)18-22)21-6-2-1-3-7-21/h1-18H. The van der Waals surface area contributed by atoms with Crippen LogP contribution >= 0.6 is 31.9 Å². The van der Waals surface area contributed by atoms with E-state index in [-0.39, 0.29) is 0 Å². The first-order chi connectivity index (χ1) is 16.7. The van der Waals surface area contributed by atoms with Gasteiger partial charge in [0.25, 0.3) is 0 Å². The molecule has 0 aliphatic rings. The maximum Gasteiger partial charge on any atom is 0.0561 e. The fraction of sp³-hybridized carbons (Fsp3) is 0.